The lowest BCUT2D eigenvalue weighted by Crippen LogP contribution is -2.22. The number of hydrogen-bond acceptors (Lipinski definition) is 3. The molecule has 14 heavy (non-hydrogen) atoms. The van der Waals surface area contributed by atoms with E-state index in [4.69, 9.17) is 9.47 Å². The van der Waals surface area contributed by atoms with E-state index in [2.05, 4.69) is 6.58 Å². The molecule has 0 aromatic rings. The fourth-order valence-corrected chi connectivity index (χ4v) is 0.977. The zero-order chi connectivity index (χ0) is 10.8. The SMILES string of the molecule is C=C(C(=O)C1=COCCO1)C(C)(C)C. The summed E-state index contributed by atoms with van der Waals surface area (Å²) in [6.07, 6.45) is 1.36. The lowest BCUT2D eigenvalue weighted by Gasteiger charge is -2.22. The van der Waals surface area contributed by atoms with Crippen LogP contribution in [0.2, 0.25) is 0 Å². The van der Waals surface area contributed by atoms with Crippen molar-refractivity contribution in [2.45, 2.75) is 20.8 Å². The summed E-state index contributed by atoms with van der Waals surface area (Å²) in [7, 11) is 0. The van der Waals surface area contributed by atoms with Crippen LogP contribution in [-0.4, -0.2) is 19.0 Å². The Balaban J connectivity index is 2.75. The summed E-state index contributed by atoms with van der Waals surface area (Å²) in [6, 6.07) is 0. The van der Waals surface area contributed by atoms with Crippen molar-refractivity contribution in [1.29, 1.82) is 0 Å². The highest BCUT2D eigenvalue weighted by atomic mass is 16.6. The molecule has 0 N–H and O–H groups in total. The third-order valence-corrected chi connectivity index (χ3v) is 2.05. The van der Waals surface area contributed by atoms with Gasteiger partial charge in [0.1, 0.15) is 19.5 Å². The molecule has 0 unspecified atom stereocenters. The smallest absolute Gasteiger partial charge is 0.226 e. The Labute approximate surface area is 84.4 Å². The molecule has 0 spiro atoms. The Morgan fingerprint density at radius 2 is 2.07 bits per heavy atom. The second kappa shape index (κ2) is 3.86. The Hall–Kier alpha value is -1.25. The van der Waals surface area contributed by atoms with Gasteiger partial charge >= 0.3 is 0 Å². The summed E-state index contributed by atoms with van der Waals surface area (Å²) in [6.45, 7) is 10.5. The highest BCUT2D eigenvalue weighted by Gasteiger charge is 2.26. The third-order valence-electron chi connectivity index (χ3n) is 2.05. The standard InChI is InChI=1S/C11H16O3/c1-8(11(2,3)4)10(12)9-7-13-5-6-14-9/h7H,1,5-6H2,2-4H3. The molecule has 1 aliphatic heterocycles. The summed E-state index contributed by atoms with van der Waals surface area (Å²) in [5, 5.41) is 0. The molecule has 78 valence electrons. The molecular formula is C11H16O3. The molecule has 0 fully saturated rings. The molecule has 0 bridgehead atoms. The maximum Gasteiger partial charge on any atom is 0.226 e. The first-order chi connectivity index (χ1) is 6.43. The number of rotatable bonds is 2. The predicted octanol–water partition coefficient (Wildman–Crippen LogP) is 2.05. The number of hydrogen-bond donors (Lipinski definition) is 0. The first-order valence-electron chi connectivity index (χ1n) is 4.61. The van der Waals surface area contributed by atoms with Gasteiger partial charge in [0.2, 0.25) is 11.5 Å². The van der Waals surface area contributed by atoms with Crippen molar-refractivity contribution in [3.05, 3.63) is 24.2 Å². The highest BCUT2D eigenvalue weighted by molar-refractivity contribution is 6.07. The summed E-state index contributed by atoms with van der Waals surface area (Å²) in [5.41, 5.74) is 0.299. The van der Waals surface area contributed by atoms with Crippen LogP contribution in [-0.2, 0) is 14.3 Å². The van der Waals surface area contributed by atoms with Gasteiger partial charge in [0, 0.05) is 5.57 Å². The van der Waals surface area contributed by atoms with E-state index in [9.17, 15) is 4.79 Å². The van der Waals surface area contributed by atoms with Gasteiger partial charge in [-0.15, -0.1) is 0 Å². The minimum absolute atomic E-state index is 0.169. The van der Waals surface area contributed by atoms with E-state index >= 15 is 0 Å². The van der Waals surface area contributed by atoms with Crippen molar-refractivity contribution in [3.8, 4) is 0 Å². The minimum Gasteiger partial charge on any atom is -0.494 e. The van der Waals surface area contributed by atoms with Crippen molar-refractivity contribution >= 4 is 5.78 Å². The maximum atomic E-state index is 11.8. The number of Topliss-reactive ketones (excluding diaryl/α,β-unsaturated/α-hetero) is 1. The molecule has 0 atom stereocenters. The largest absolute Gasteiger partial charge is 0.494 e. The van der Waals surface area contributed by atoms with Crippen molar-refractivity contribution in [3.63, 3.8) is 0 Å². The van der Waals surface area contributed by atoms with Crippen LogP contribution in [0.3, 0.4) is 0 Å². The zero-order valence-corrected chi connectivity index (χ0v) is 8.92. The van der Waals surface area contributed by atoms with Crippen LogP contribution < -0.4 is 0 Å². The maximum absolute atomic E-state index is 11.8. The average molecular weight is 196 g/mol. The molecule has 1 heterocycles. The van der Waals surface area contributed by atoms with Gasteiger partial charge in [-0.2, -0.15) is 0 Å². The Bertz CT molecular complexity index is 281. The molecule has 1 rings (SSSR count). The second-order valence-electron chi connectivity index (χ2n) is 4.26. The van der Waals surface area contributed by atoms with Crippen LogP contribution in [0.1, 0.15) is 20.8 Å². The van der Waals surface area contributed by atoms with Crippen molar-refractivity contribution < 1.29 is 14.3 Å². The second-order valence-corrected chi connectivity index (χ2v) is 4.26. The van der Waals surface area contributed by atoms with Gasteiger partial charge in [-0.25, -0.2) is 0 Å². The first-order valence-corrected chi connectivity index (χ1v) is 4.61. The molecule has 0 amide bonds. The molecule has 0 radical (unpaired) electrons. The van der Waals surface area contributed by atoms with Crippen molar-refractivity contribution in [1.82, 2.24) is 0 Å². The van der Waals surface area contributed by atoms with E-state index in [1.807, 2.05) is 20.8 Å². The van der Waals surface area contributed by atoms with Crippen molar-refractivity contribution in [2.75, 3.05) is 13.2 Å². The number of allylic oxidation sites excluding steroid dienone is 1. The third kappa shape index (κ3) is 2.37. The lowest BCUT2D eigenvalue weighted by atomic mass is 9.84. The molecule has 0 aliphatic carbocycles. The fraction of sp³-hybridized carbons (Fsp3) is 0.545. The van der Waals surface area contributed by atoms with Crippen LogP contribution in [0.15, 0.2) is 24.2 Å². The van der Waals surface area contributed by atoms with Crippen LogP contribution >= 0.6 is 0 Å². The van der Waals surface area contributed by atoms with Gasteiger partial charge in [-0.3, -0.25) is 4.79 Å². The molecule has 0 aromatic carbocycles. The molecule has 0 saturated heterocycles. The van der Waals surface area contributed by atoms with E-state index in [1.54, 1.807) is 0 Å². The quantitative estimate of drug-likeness (QED) is 0.634. The highest BCUT2D eigenvalue weighted by Crippen LogP contribution is 2.27. The average Bonchev–Trinajstić information content (AvgIpc) is 2.15. The Morgan fingerprint density at radius 3 is 2.50 bits per heavy atom. The van der Waals surface area contributed by atoms with Gasteiger partial charge in [-0.1, -0.05) is 27.4 Å². The number of ketones is 1. The van der Waals surface area contributed by atoms with Gasteiger partial charge in [0.25, 0.3) is 0 Å². The summed E-state index contributed by atoms with van der Waals surface area (Å²) < 4.78 is 10.2. The van der Waals surface area contributed by atoms with Crippen molar-refractivity contribution in [2.24, 2.45) is 5.41 Å². The van der Waals surface area contributed by atoms with Gasteiger partial charge in [-0.05, 0) is 5.41 Å². The molecule has 3 heteroatoms. The van der Waals surface area contributed by atoms with E-state index in [1.165, 1.54) is 6.26 Å². The summed E-state index contributed by atoms with van der Waals surface area (Å²) in [4.78, 5) is 11.8. The van der Waals surface area contributed by atoms with Crippen LogP contribution in [0.5, 0.6) is 0 Å². The van der Waals surface area contributed by atoms with E-state index in [-0.39, 0.29) is 17.0 Å². The molecule has 3 nitrogen and oxygen atoms in total. The zero-order valence-electron chi connectivity index (χ0n) is 8.92. The number of carbonyl (C=O) groups is 1. The molecular weight excluding hydrogens is 180 g/mol. The predicted molar refractivity (Wildman–Crippen MR) is 53.6 cm³/mol. The Kier molecular flexibility index (Phi) is 2.99. The minimum atomic E-state index is -0.237. The molecule has 0 saturated carbocycles. The topological polar surface area (TPSA) is 35.5 Å². The normalized spacial score (nSPS) is 16.4. The van der Waals surface area contributed by atoms with Gasteiger partial charge in [0.05, 0.1) is 0 Å². The van der Waals surface area contributed by atoms with Gasteiger partial charge in [0.15, 0.2) is 0 Å². The number of ether oxygens (including phenoxy) is 2. The van der Waals surface area contributed by atoms with Crippen LogP contribution in [0.25, 0.3) is 0 Å². The first kappa shape index (κ1) is 10.8. The van der Waals surface area contributed by atoms with E-state index < -0.39 is 0 Å². The van der Waals surface area contributed by atoms with Gasteiger partial charge < -0.3 is 9.47 Å². The van der Waals surface area contributed by atoms with Crippen LogP contribution in [0, 0.1) is 5.41 Å². The Morgan fingerprint density at radius 1 is 1.43 bits per heavy atom. The molecule has 0 aromatic heterocycles. The monoisotopic (exact) mass is 196 g/mol. The van der Waals surface area contributed by atoms with E-state index in [0.29, 0.717) is 18.8 Å². The van der Waals surface area contributed by atoms with E-state index in [0.717, 1.165) is 0 Å². The number of carbonyl (C=O) groups excluding carboxylic acids is 1. The fourth-order valence-electron chi connectivity index (χ4n) is 0.977. The summed E-state index contributed by atoms with van der Waals surface area (Å²) in [5.74, 6) is 0.0911. The van der Waals surface area contributed by atoms with Crippen LogP contribution in [0.4, 0.5) is 0 Å². The molecule has 1 aliphatic rings. The summed E-state index contributed by atoms with van der Waals surface area (Å²) >= 11 is 0. The lowest BCUT2D eigenvalue weighted by molar-refractivity contribution is -0.117.